The minimum atomic E-state index is -0.864. The maximum absolute atomic E-state index is 11.2. The first-order valence-corrected chi connectivity index (χ1v) is 6.61. The van der Waals surface area contributed by atoms with Crippen molar-refractivity contribution in [2.24, 2.45) is 5.92 Å². The molecule has 106 valence electrons. The minimum Gasteiger partial charge on any atom is -0.495 e. The van der Waals surface area contributed by atoms with E-state index in [1.165, 1.54) is 0 Å². The van der Waals surface area contributed by atoms with Gasteiger partial charge in [0.05, 0.1) is 24.6 Å². The molecule has 0 spiro atoms. The Bertz CT molecular complexity index is 689. The maximum atomic E-state index is 11.2. The van der Waals surface area contributed by atoms with Crippen LogP contribution >= 0.6 is 0 Å². The van der Waals surface area contributed by atoms with Gasteiger partial charge in [-0.25, -0.2) is 0 Å². The second kappa shape index (κ2) is 4.52. The lowest BCUT2D eigenvalue weighted by molar-refractivity contribution is -0.143. The number of methoxy groups -OCH3 is 1. The Labute approximate surface area is 116 Å². The van der Waals surface area contributed by atoms with Gasteiger partial charge in [0.1, 0.15) is 5.75 Å². The zero-order chi connectivity index (χ0) is 14.4. The molecule has 2 aromatic rings. The van der Waals surface area contributed by atoms with Crippen LogP contribution in [0.5, 0.6) is 5.75 Å². The molecular formula is C15H17NO4. The summed E-state index contributed by atoms with van der Waals surface area (Å²) in [6.45, 7) is 1.98. The van der Waals surface area contributed by atoms with Gasteiger partial charge in [0.25, 0.3) is 0 Å². The van der Waals surface area contributed by atoms with Crippen molar-refractivity contribution in [3.8, 4) is 5.75 Å². The fourth-order valence-corrected chi connectivity index (χ4v) is 3.13. The first kappa shape index (κ1) is 13.0. The highest BCUT2D eigenvalue weighted by atomic mass is 16.5. The predicted octanol–water partition coefficient (Wildman–Crippen LogP) is 2.17. The lowest BCUT2D eigenvalue weighted by Crippen LogP contribution is -2.24. The average Bonchev–Trinajstić information content (AvgIpc) is 2.79. The number of fused-ring (bicyclic) bond motifs is 3. The number of carboxylic acids is 1. The van der Waals surface area contributed by atoms with Gasteiger partial charge in [0, 0.05) is 23.1 Å². The van der Waals surface area contributed by atoms with Crippen LogP contribution in [0.1, 0.15) is 29.3 Å². The smallest absolute Gasteiger partial charge is 0.306 e. The van der Waals surface area contributed by atoms with Crippen molar-refractivity contribution in [2.75, 3.05) is 7.11 Å². The van der Waals surface area contributed by atoms with Gasteiger partial charge in [-0.15, -0.1) is 0 Å². The molecule has 2 unspecified atom stereocenters. The molecule has 5 nitrogen and oxygen atoms in total. The molecule has 1 aliphatic rings. The topological polar surface area (TPSA) is 82.6 Å². The molecule has 1 heterocycles. The number of aliphatic hydroxyl groups is 1. The van der Waals surface area contributed by atoms with Crippen LogP contribution in [-0.4, -0.2) is 28.3 Å². The number of rotatable bonds is 2. The van der Waals surface area contributed by atoms with Crippen molar-refractivity contribution in [3.63, 3.8) is 0 Å². The number of aromatic nitrogens is 1. The lowest BCUT2D eigenvalue weighted by atomic mass is 9.84. The number of ether oxygens (including phenoxy) is 1. The summed E-state index contributed by atoms with van der Waals surface area (Å²) in [5.41, 5.74) is 3.52. The SMILES string of the molecule is COc1ccc(C)c2c3c([nH]c12)CC(C(=O)O)CC3O. The molecule has 3 rings (SSSR count). The van der Waals surface area contributed by atoms with Crippen molar-refractivity contribution in [1.82, 2.24) is 4.98 Å². The van der Waals surface area contributed by atoms with E-state index in [1.54, 1.807) is 7.11 Å². The van der Waals surface area contributed by atoms with Crippen LogP contribution in [0.2, 0.25) is 0 Å². The van der Waals surface area contributed by atoms with Crippen molar-refractivity contribution in [3.05, 3.63) is 29.0 Å². The summed E-state index contributed by atoms with van der Waals surface area (Å²) in [6, 6.07) is 3.83. The monoisotopic (exact) mass is 275 g/mol. The number of nitrogens with one attached hydrogen (secondary N) is 1. The highest BCUT2D eigenvalue weighted by Crippen LogP contribution is 2.41. The molecule has 0 amide bonds. The average molecular weight is 275 g/mol. The van der Waals surface area contributed by atoms with Gasteiger partial charge in [-0.1, -0.05) is 6.07 Å². The molecule has 2 atom stereocenters. The second-order valence-corrected chi connectivity index (χ2v) is 5.34. The predicted molar refractivity (Wildman–Crippen MR) is 74.0 cm³/mol. The van der Waals surface area contributed by atoms with Crippen LogP contribution in [0.3, 0.4) is 0 Å². The zero-order valence-electron chi connectivity index (χ0n) is 11.4. The summed E-state index contributed by atoms with van der Waals surface area (Å²) < 4.78 is 5.34. The second-order valence-electron chi connectivity index (χ2n) is 5.34. The molecule has 20 heavy (non-hydrogen) atoms. The Morgan fingerprint density at radius 3 is 2.85 bits per heavy atom. The fourth-order valence-electron chi connectivity index (χ4n) is 3.13. The third-order valence-electron chi connectivity index (χ3n) is 4.11. The van der Waals surface area contributed by atoms with Crippen molar-refractivity contribution in [1.29, 1.82) is 0 Å². The molecule has 0 aliphatic heterocycles. The Kier molecular flexibility index (Phi) is 2.94. The highest BCUT2D eigenvalue weighted by Gasteiger charge is 2.33. The van der Waals surface area contributed by atoms with Gasteiger partial charge in [0.15, 0.2) is 0 Å². The van der Waals surface area contributed by atoms with E-state index >= 15 is 0 Å². The van der Waals surface area contributed by atoms with E-state index in [2.05, 4.69) is 4.98 Å². The van der Waals surface area contributed by atoms with E-state index < -0.39 is 18.0 Å². The number of hydrogen-bond donors (Lipinski definition) is 3. The number of aliphatic hydroxyl groups excluding tert-OH is 1. The van der Waals surface area contributed by atoms with Crippen LogP contribution < -0.4 is 4.74 Å². The molecule has 0 fully saturated rings. The van der Waals surface area contributed by atoms with E-state index in [9.17, 15) is 9.90 Å². The van der Waals surface area contributed by atoms with Crippen LogP contribution in [0.25, 0.3) is 10.9 Å². The highest BCUT2D eigenvalue weighted by molar-refractivity contribution is 5.93. The number of H-pyrrole nitrogens is 1. The fraction of sp³-hybridized carbons (Fsp3) is 0.400. The molecule has 0 saturated heterocycles. The molecule has 1 aromatic heterocycles. The van der Waals surface area contributed by atoms with Crippen LogP contribution in [0.4, 0.5) is 0 Å². The molecule has 3 N–H and O–H groups in total. The first-order valence-electron chi connectivity index (χ1n) is 6.61. The summed E-state index contributed by atoms with van der Waals surface area (Å²) in [6.07, 6.45) is -0.0790. The van der Waals surface area contributed by atoms with Gasteiger partial charge < -0.3 is 19.9 Å². The summed E-state index contributed by atoms with van der Waals surface area (Å²) >= 11 is 0. The van der Waals surface area contributed by atoms with E-state index in [0.29, 0.717) is 12.2 Å². The van der Waals surface area contributed by atoms with Crippen molar-refractivity contribution < 1.29 is 19.7 Å². The number of aromatic amines is 1. The Morgan fingerprint density at radius 2 is 2.20 bits per heavy atom. The zero-order valence-corrected chi connectivity index (χ0v) is 11.4. The molecule has 1 aromatic carbocycles. The van der Waals surface area contributed by atoms with E-state index in [-0.39, 0.29) is 6.42 Å². The maximum Gasteiger partial charge on any atom is 0.306 e. The van der Waals surface area contributed by atoms with E-state index in [1.807, 2.05) is 19.1 Å². The Balaban J connectivity index is 2.24. The third-order valence-corrected chi connectivity index (χ3v) is 4.11. The standard InChI is InChI=1S/C15H17NO4/c1-7-3-4-11(20-2)14-12(7)13-9(16-14)5-8(15(18)19)6-10(13)17/h3-4,8,10,16-17H,5-6H2,1-2H3,(H,18,19). The van der Waals surface area contributed by atoms with Crippen molar-refractivity contribution >= 4 is 16.9 Å². The quantitative estimate of drug-likeness (QED) is 0.784. The molecule has 0 saturated carbocycles. The number of carboxylic acid groups (broad SMARTS) is 1. The van der Waals surface area contributed by atoms with E-state index in [0.717, 1.165) is 27.7 Å². The van der Waals surface area contributed by atoms with Gasteiger partial charge >= 0.3 is 5.97 Å². The van der Waals surface area contributed by atoms with Gasteiger partial charge in [-0.3, -0.25) is 4.79 Å². The number of hydrogen-bond acceptors (Lipinski definition) is 3. The number of benzene rings is 1. The largest absolute Gasteiger partial charge is 0.495 e. The summed E-state index contributed by atoms with van der Waals surface area (Å²) in [7, 11) is 1.60. The number of carbonyl (C=O) groups is 1. The Hall–Kier alpha value is -2.01. The number of aryl methyl sites for hydroxylation is 1. The van der Waals surface area contributed by atoms with Gasteiger partial charge in [-0.05, 0) is 25.0 Å². The Morgan fingerprint density at radius 1 is 1.45 bits per heavy atom. The van der Waals surface area contributed by atoms with Crippen LogP contribution in [0.15, 0.2) is 12.1 Å². The molecular weight excluding hydrogens is 258 g/mol. The van der Waals surface area contributed by atoms with Crippen molar-refractivity contribution in [2.45, 2.75) is 25.9 Å². The van der Waals surface area contributed by atoms with E-state index in [4.69, 9.17) is 9.84 Å². The van der Waals surface area contributed by atoms with Crippen LogP contribution in [-0.2, 0) is 11.2 Å². The third kappa shape index (κ3) is 1.78. The summed E-state index contributed by atoms with van der Waals surface area (Å²) in [5, 5.41) is 20.4. The molecule has 0 radical (unpaired) electrons. The normalized spacial score (nSPS) is 21.8. The number of aliphatic carboxylic acids is 1. The minimum absolute atomic E-state index is 0.256. The molecule has 0 bridgehead atoms. The first-order chi connectivity index (χ1) is 9.52. The van der Waals surface area contributed by atoms with Gasteiger partial charge in [0.2, 0.25) is 0 Å². The van der Waals surface area contributed by atoms with Crippen LogP contribution in [0, 0.1) is 12.8 Å². The molecule has 1 aliphatic carbocycles. The van der Waals surface area contributed by atoms with Gasteiger partial charge in [-0.2, -0.15) is 0 Å². The lowest BCUT2D eigenvalue weighted by Gasteiger charge is -2.23. The summed E-state index contributed by atoms with van der Waals surface area (Å²) in [5.74, 6) is -0.701. The summed E-state index contributed by atoms with van der Waals surface area (Å²) in [4.78, 5) is 14.4. The molecule has 5 heteroatoms.